The first-order valence-electron chi connectivity index (χ1n) is 9.27. The van der Waals surface area contributed by atoms with E-state index in [1.54, 1.807) is 6.33 Å². The number of amides is 1. The molecule has 3 fully saturated rings. The predicted octanol–water partition coefficient (Wildman–Crippen LogP) is 2.32. The van der Waals surface area contributed by atoms with Gasteiger partial charge in [0.2, 0.25) is 5.91 Å². The van der Waals surface area contributed by atoms with Crippen LogP contribution in [0.3, 0.4) is 0 Å². The van der Waals surface area contributed by atoms with Gasteiger partial charge < -0.3 is 10.3 Å². The van der Waals surface area contributed by atoms with Crippen molar-refractivity contribution >= 4 is 5.91 Å². The van der Waals surface area contributed by atoms with Crippen molar-refractivity contribution < 1.29 is 4.79 Å². The zero-order valence-electron chi connectivity index (χ0n) is 13.8. The third kappa shape index (κ3) is 3.77. The number of carbonyl (C=O) groups excluding carboxylic acids is 1. The summed E-state index contributed by atoms with van der Waals surface area (Å²) in [5.41, 5.74) is 1.16. The van der Waals surface area contributed by atoms with Crippen LogP contribution < -0.4 is 5.32 Å². The van der Waals surface area contributed by atoms with Crippen LogP contribution in [0.25, 0.3) is 0 Å². The van der Waals surface area contributed by atoms with Crippen LogP contribution in [0.2, 0.25) is 0 Å². The second kappa shape index (κ2) is 6.63. The van der Waals surface area contributed by atoms with Gasteiger partial charge in [-0.15, -0.1) is 0 Å². The van der Waals surface area contributed by atoms with Crippen molar-refractivity contribution in [2.24, 2.45) is 17.8 Å². The minimum Gasteiger partial charge on any atom is -0.352 e. The highest BCUT2D eigenvalue weighted by Crippen LogP contribution is 2.41. The Hall–Kier alpha value is -1.36. The lowest BCUT2D eigenvalue weighted by Crippen LogP contribution is -2.41. The first-order valence-corrected chi connectivity index (χ1v) is 9.27. The zero-order valence-corrected chi connectivity index (χ0v) is 13.8. The molecule has 0 bridgehead atoms. The number of hydrogen-bond donors (Lipinski definition) is 2. The van der Waals surface area contributed by atoms with Gasteiger partial charge >= 0.3 is 0 Å². The number of nitrogens with zero attached hydrogens (tertiary/aromatic N) is 2. The Labute approximate surface area is 138 Å². The summed E-state index contributed by atoms with van der Waals surface area (Å²) < 4.78 is 0. The van der Waals surface area contributed by atoms with Gasteiger partial charge in [-0.05, 0) is 43.4 Å². The van der Waals surface area contributed by atoms with Crippen LogP contribution in [0, 0.1) is 17.8 Å². The van der Waals surface area contributed by atoms with Gasteiger partial charge in [0.05, 0.1) is 6.33 Å². The molecular formula is C18H28N4O. The maximum absolute atomic E-state index is 12.4. The Balaban J connectivity index is 1.32. The maximum atomic E-state index is 12.4. The van der Waals surface area contributed by atoms with Crippen molar-refractivity contribution in [1.82, 2.24) is 20.2 Å². The number of aromatic amines is 1. The molecule has 0 aromatic carbocycles. The summed E-state index contributed by atoms with van der Waals surface area (Å²) >= 11 is 0. The highest BCUT2D eigenvalue weighted by molar-refractivity contribution is 5.76. The zero-order chi connectivity index (χ0) is 15.6. The first-order chi connectivity index (χ1) is 11.3. The summed E-state index contributed by atoms with van der Waals surface area (Å²) in [5, 5.41) is 3.38. The molecule has 0 spiro atoms. The third-order valence-corrected chi connectivity index (χ3v) is 5.91. The van der Waals surface area contributed by atoms with Crippen LogP contribution in [0.1, 0.15) is 50.6 Å². The van der Waals surface area contributed by atoms with Gasteiger partial charge in [-0.2, -0.15) is 0 Å². The Kier molecular flexibility index (Phi) is 4.38. The molecule has 1 saturated heterocycles. The average molecular weight is 316 g/mol. The molecule has 126 valence electrons. The molecule has 1 aromatic rings. The van der Waals surface area contributed by atoms with Gasteiger partial charge in [-0.25, -0.2) is 4.98 Å². The van der Waals surface area contributed by atoms with Gasteiger partial charge in [0, 0.05) is 44.0 Å². The molecule has 2 heterocycles. The first kappa shape index (κ1) is 15.2. The Morgan fingerprint density at radius 1 is 1.26 bits per heavy atom. The average Bonchev–Trinajstić information content (AvgIpc) is 2.93. The van der Waals surface area contributed by atoms with E-state index in [1.165, 1.54) is 38.5 Å². The predicted molar refractivity (Wildman–Crippen MR) is 88.6 cm³/mol. The van der Waals surface area contributed by atoms with Gasteiger partial charge in [0.15, 0.2) is 0 Å². The van der Waals surface area contributed by atoms with E-state index >= 15 is 0 Å². The van der Waals surface area contributed by atoms with E-state index in [2.05, 4.69) is 20.2 Å². The SMILES string of the molecule is O=C(CC1CCCC1)NC1CN(Cc2cnc[nH]2)CC1C1CC1. The van der Waals surface area contributed by atoms with E-state index in [1.807, 2.05) is 6.20 Å². The topological polar surface area (TPSA) is 61.0 Å². The quantitative estimate of drug-likeness (QED) is 0.847. The van der Waals surface area contributed by atoms with E-state index in [-0.39, 0.29) is 5.91 Å². The molecular weight excluding hydrogens is 288 g/mol. The van der Waals surface area contributed by atoms with Crippen molar-refractivity contribution in [3.05, 3.63) is 18.2 Å². The van der Waals surface area contributed by atoms with E-state index in [9.17, 15) is 4.79 Å². The van der Waals surface area contributed by atoms with E-state index in [0.717, 1.165) is 37.7 Å². The molecule has 2 N–H and O–H groups in total. The number of hydrogen-bond acceptors (Lipinski definition) is 3. The molecule has 2 unspecified atom stereocenters. The van der Waals surface area contributed by atoms with Crippen LogP contribution in [0.4, 0.5) is 0 Å². The largest absolute Gasteiger partial charge is 0.352 e. The highest BCUT2D eigenvalue weighted by Gasteiger charge is 2.43. The summed E-state index contributed by atoms with van der Waals surface area (Å²) in [4.78, 5) is 22.2. The Bertz CT molecular complexity index is 519. The van der Waals surface area contributed by atoms with Crippen LogP contribution in [-0.4, -0.2) is 39.9 Å². The number of nitrogens with one attached hydrogen (secondary N) is 2. The van der Waals surface area contributed by atoms with Gasteiger partial charge in [-0.3, -0.25) is 9.69 Å². The molecule has 2 saturated carbocycles. The second-order valence-corrected chi connectivity index (χ2v) is 7.80. The molecule has 2 aliphatic carbocycles. The fourth-order valence-electron chi connectivity index (χ4n) is 4.55. The molecule has 1 aromatic heterocycles. The lowest BCUT2D eigenvalue weighted by molar-refractivity contribution is -0.122. The standard InChI is InChI=1S/C18H28N4O/c23-18(7-13-3-1-2-4-13)21-17-11-22(9-15-8-19-12-20-15)10-16(17)14-5-6-14/h8,12-14,16-17H,1-7,9-11H2,(H,19,20)(H,21,23). The van der Waals surface area contributed by atoms with E-state index < -0.39 is 0 Å². The van der Waals surface area contributed by atoms with Crippen LogP contribution in [0.15, 0.2) is 12.5 Å². The Morgan fingerprint density at radius 2 is 2.09 bits per heavy atom. The molecule has 23 heavy (non-hydrogen) atoms. The lowest BCUT2D eigenvalue weighted by Gasteiger charge is -2.20. The number of rotatable bonds is 6. The summed E-state index contributed by atoms with van der Waals surface area (Å²) in [6, 6.07) is 0.347. The molecule has 0 radical (unpaired) electrons. The van der Waals surface area contributed by atoms with Crippen molar-refractivity contribution in [2.45, 2.75) is 57.5 Å². The third-order valence-electron chi connectivity index (χ3n) is 5.91. The second-order valence-electron chi connectivity index (χ2n) is 7.80. The molecule has 5 heteroatoms. The molecule has 2 atom stereocenters. The van der Waals surface area contributed by atoms with Crippen molar-refractivity contribution in [3.63, 3.8) is 0 Å². The van der Waals surface area contributed by atoms with Gasteiger partial charge in [0.25, 0.3) is 0 Å². The fourth-order valence-corrected chi connectivity index (χ4v) is 4.55. The van der Waals surface area contributed by atoms with Crippen molar-refractivity contribution in [2.75, 3.05) is 13.1 Å². The summed E-state index contributed by atoms with van der Waals surface area (Å²) in [6.07, 6.45) is 12.2. The normalized spacial score (nSPS) is 29.2. The van der Waals surface area contributed by atoms with Crippen LogP contribution >= 0.6 is 0 Å². The summed E-state index contributed by atoms with van der Waals surface area (Å²) in [7, 11) is 0. The molecule has 3 aliphatic rings. The number of imidazole rings is 1. The van der Waals surface area contributed by atoms with Crippen molar-refractivity contribution in [1.29, 1.82) is 0 Å². The number of aromatic nitrogens is 2. The molecule has 4 rings (SSSR count). The smallest absolute Gasteiger partial charge is 0.220 e. The minimum atomic E-state index is 0.288. The monoisotopic (exact) mass is 316 g/mol. The van der Waals surface area contributed by atoms with E-state index in [0.29, 0.717) is 17.9 Å². The van der Waals surface area contributed by atoms with Gasteiger partial charge in [-0.1, -0.05) is 12.8 Å². The number of carbonyl (C=O) groups is 1. The van der Waals surface area contributed by atoms with Crippen LogP contribution in [-0.2, 0) is 11.3 Å². The van der Waals surface area contributed by atoms with E-state index in [4.69, 9.17) is 0 Å². The maximum Gasteiger partial charge on any atom is 0.220 e. The number of H-pyrrole nitrogens is 1. The number of likely N-dealkylation sites (tertiary alicyclic amines) is 1. The molecule has 1 amide bonds. The van der Waals surface area contributed by atoms with Crippen molar-refractivity contribution in [3.8, 4) is 0 Å². The summed E-state index contributed by atoms with van der Waals surface area (Å²) in [5.74, 6) is 2.40. The highest BCUT2D eigenvalue weighted by atomic mass is 16.1. The lowest BCUT2D eigenvalue weighted by atomic mass is 9.97. The fraction of sp³-hybridized carbons (Fsp3) is 0.778. The molecule has 5 nitrogen and oxygen atoms in total. The molecule has 1 aliphatic heterocycles. The van der Waals surface area contributed by atoms with Gasteiger partial charge in [0.1, 0.15) is 0 Å². The van der Waals surface area contributed by atoms with Crippen LogP contribution in [0.5, 0.6) is 0 Å². The summed E-state index contributed by atoms with van der Waals surface area (Å²) in [6.45, 7) is 3.01. The minimum absolute atomic E-state index is 0.288. The Morgan fingerprint density at radius 3 is 2.78 bits per heavy atom.